The number of benzene rings is 3. The minimum Gasteiger partial charge on any atom is -0.497 e. The van der Waals surface area contributed by atoms with Crippen LogP contribution in [0.15, 0.2) is 65.6 Å². The molecule has 0 fully saturated rings. The first-order valence-corrected chi connectivity index (χ1v) is 10.9. The van der Waals surface area contributed by atoms with Gasteiger partial charge < -0.3 is 9.64 Å². The van der Waals surface area contributed by atoms with Crippen molar-refractivity contribution in [3.8, 4) is 5.75 Å². The lowest BCUT2D eigenvalue weighted by Gasteiger charge is -2.21. The van der Waals surface area contributed by atoms with Gasteiger partial charge in [0, 0.05) is 25.3 Å². The van der Waals surface area contributed by atoms with Gasteiger partial charge >= 0.3 is 0 Å². The Morgan fingerprint density at radius 3 is 2.18 bits per heavy atom. The molecule has 0 aliphatic carbocycles. The lowest BCUT2D eigenvalue weighted by Crippen LogP contribution is -2.23. The van der Waals surface area contributed by atoms with Gasteiger partial charge in [-0.05, 0) is 66.6 Å². The van der Waals surface area contributed by atoms with Crippen molar-refractivity contribution in [1.29, 1.82) is 0 Å². The van der Waals surface area contributed by atoms with Crippen LogP contribution in [0, 0.1) is 0 Å². The number of hydrogen-bond acceptors (Lipinski definition) is 4. The number of rotatable bonds is 8. The third kappa shape index (κ3) is 4.46. The Morgan fingerprint density at radius 2 is 1.54 bits per heavy atom. The zero-order chi connectivity index (χ0) is 20.1. The van der Waals surface area contributed by atoms with Crippen LogP contribution in [0.25, 0.3) is 10.8 Å². The second kappa shape index (κ2) is 8.63. The molecule has 148 valence electrons. The Balaban J connectivity index is 1.74. The van der Waals surface area contributed by atoms with Crippen LogP contribution in [0.5, 0.6) is 5.75 Å². The van der Waals surface area contributed by atoms with Gasteiger partial charge in [0.25, 0.3) is 0 Å². The maximum atomic E-state index is 12.7. The Hall–Kier alpha value is -2.57. The second-order valence-electron chi connectivity index (χ2n) is 6.54. The zero-order valence-corrected chi connectivity index (χ0v) is 17.3. The molecule has 0 radical (unpaired) electrons. The topological polar surface area (TPSA) is 58.6 Å². The molecule has 3 rings (SSSR count). The minimum atomic E-state index is -3.59. The second-order valence-corrected chi connectivity index (χ2v) is 8.31. The Labute approximate surface area is 167 Å². The molecule has 0 saturated carbocycles. The molecule has 0 unspecified atom stereocenters. The van der Waals surface area contributed by atoms with Crippen LogP contribution in [0.3, 0.4) is 0 Å². The van der Waals surface area contributed by atoms with Gasteiger partial charge in [0.05, 0.1) is 12.0 Å². The lowest BCUT2D eigenvalue weighted by molar-refractivity contribution is 0.415. The van der Waals surface area contributed by atoms with Crippen molar-refractivity contribution in [2.75, 3.05) is 25.1 Å². The highest BCUT2D eigenvalue weighted by molar-refractivity contribution is 7.89. The van der Waals surface area contributed by atoms with Crippen molar-refractivity contribution in [2.45, 2.75) is 25.3 Å². The standard InChI is InChI=1S/C22H26N2O3S/c1-4-24(5-2)20-10-6-17(7-11-20)16-23-28(25,26)22-13-9-18-14-21(27-3)12-8-19(18)15-22/h6-15,23H,4-5,16H2,1-3H3. The summed E-state index contributed by atoms with van der Waals surface area (Å²) in [6.45, 7) is 6.37. The number of sulfonamides is 1. The van der Waals surface area contributed by atoms with Gasteiger partial charge in [0.15, 0.2) is 0 Å². The summed E-state index contributed by atoms with van der Waals surface area (Å²) >= 11 is 0. The third-order valence-electron chi connectivity index (χ3n) is 4.86. The quantitative estimate of drug-likeness (QED) is 0.619. The highest BCUT2D eigenvalue weighted by atomic mass is 32.2. The van der Waals surface area contributed by atoms with Crippen LogP contribution < -0.4 is 14.4 Å². The number of hydrogen-bond donors (Lipinski definition) is 1. The van der Waals surface area contributed by atoms with E-state index >= 15 is 0 Å². The summed E-state index contributed by atoms with van der Waals surface area (Å²) in [4.78, 5) is 2.50. The zero-order valence-electron chi connectivity index (χ0n) is 16.5. The molecule has 0 atom stereocenters. The van der Waals surface area contributed by atoms with Gasteiger partial charge in [0.1, 0.15) is 5.75 Å². The first kappa shape index (κ1) is 20.2. The van der Waals surface area contributed by atoms with Gasteiger partial charge in [-0.25, -0.2) is 13.1 Å². The fraction of sp³-hybridized carbons (Fsp3) is 0.273. The lowest BCUT2D eigenvalue weighted by atomic mass is 10.1. The van der Waals surface area contributed by atoms with Gasteiger partial charge in [0.2, 0.25) is 10.0 Å². The van der Waals surface area contributed by atoms with Crippen molar-refractivity contribution in [3.63, 3.8) is 0 Å². The molecular weight excluding hydrogens is 372 g/mol. The molecule has 3 aromatic rings. The summed E-state index contributed by atoms with van der Waals surface area (Å²) in [7, 11) is -1.98. The Bertz CT molecular complexity index is 1040. The van der Waals surface area contributed by atoms with Crippen LogP contribution in [0.4, 0.5) is 5.69 Å². The molecule has 0 aliphatic heterocycles. The number of fused-ring (bicyclic) bond motifs is 1. The van der Waals surface area contributed by atoms with E-state index in [0.717, 1.165) is 40.9 Å². The fourth-order valence-corrected chi connectivity index (χ4v) is 4.22. The van der Waals surface area contributed by atoms with Crippen molar-refractivity contribution < 1.29 is 13.2 Å². The van der Waals surface area contributed by atoms with Crippen LogP contribution in [0.2, 0.25) is 0 Å². The summed E-state index contributed by atoms with van der Waals surface area (Å²) in [6.07, 6.45) is 0. The summed E-state index contributed by atoms with van der Waals surface area (Å²) in [5.74, 6) is 0.745. The van der Waals surface area contributed by atoms with Gasteiger partial charge in [-0.1, -0.05) is 24.3 Å². The number of methoxy groups -OCH3 is 1. The Morgan fingerprint density at radius 1 is 0.893 bits per heavy atom. The van der Waals surface area contributed by atoms with E-state index in [1.54, 1.807) is 25.3 Å². The molecule has 28 heavy (non-hydrogen) atoms. The molecule has 0 amide bonds. The molecule has 0 aliphatic rings. The fourth-order valence-electron chi connectivity index (χ4n) is 3.17. The first-order chi connectivity index (χ1) is 13.5. The maximum absolute atomic E-state index is 12.7. The van der Waals surface area contributed by atoms with E-state index in [4.69, 9.17) is 4.74 Å². The van der Waals surface area contributed by atoms with Crippen LogP contribution in [-0.2, 0) is 16.6 Å². The Kier molecular flexibility index (Phi) is 6.21. The normalized spacial score (nSPS) is 11.5. The SMILES string of the molecule is CCN(CC)c1ccc(CNS(=O)(=O)c2ccc3cc(OC)ccc3c2)cc1. The van der Waals surface area contributed by atoms with Crippen molar-refractivity contribution >= 4 is 26.5 Å². The third-order valence-corrected chi connectivity index (χ3v) is 6.26. The van der Waals surface area contributed by atoms with E-state index in [0.29, 0.717) is 0 Å². The molecule has 0 saturated heterocycles. The highest BCUT2D eigenvalue weighted by Crippen LogP contribution is 2.24. The van der Waals surface area contributed by atoms with E-state index in [1.807, 2.05) is 42.5 Å². The number of nitrogens with one attached hydrogen (secondary N) is 1. The first-order valence-electron chi connectivity index (χ1n) is 9.38. The molecular formula is C22H26N2O3S. The predicted molar refractivity (Wildman–Crippen MR) is 115 cm³/mol. The van der Waals surface area contributed by atoms with E-state index in [1.165, 1.54) is 0 Å². The average molecular weight is 399 g/mol. The molecule has 0 aromatic heterocycles. The molecule has 0 spiro atoms. The van der Waals surface area contributed by atoms with Gasteiger partial charge in [-0.15, -0.1) is 0 Å². The van der Waals surface area contributed by atoms with E-state index in [-0.39, 0.29) is 11.4 Å². The molecule has 3 aromatic carbocycles. The van der Waals surface area contributed by atoms with Crippen LogP contribution in [-0.4, -0.2) is 28.6 Å². The number of anilines is 1. The van der Waals surface area contributed by atoms with Crippen molar-refractivity contribution in [3.05, 3.63) is 66.2 Å². The van der Waals surface area contributed by atoms with Crippen LogP contribution >= 0.6 is 0 Å². The van der Waals surface area contributed by atoms with Crippen molar-refractivity contribution in [2.24, 2.45) is 0 Å². The van der Waals surface area contributed by atoms with E-state index in [9.17, 15) is 8.42 Å². The largest absolute Gasteiger partial charge is 0.497 e. The highest BCUT2D eigenvalue weighted by Gasteiger charge is 2.14. The number of nitrogens with zero attached hydrogens (tertiary/aromatic N) is 1. The molecule has 0 heterocycles. The predicted octanol–water partition coefficient (Wildman–Crippen LogP) is 4.17. The molecule has 1 N–H and O–H groups in total. The maximum Gasteiger partial charge on any atom is 0.240 e. The smallest absolute Gasteiger partial charge is 0.240 e. The summed E-state index contributed by atoms with van der Waals surface area (Å²) in [6, 6.07) is 18.6. The van der Waals surface area contributed by atoms with Gasteiger partial charge in [-0.3, -0.25) is 0 Å². The summed E-state index contributed by atoms with van der Waals surface area (Å²) < 4.78 is 33.3. The van der Waals surface area contributed by atoms with E-state index < -0.39 is 10.0 Å². The summed E-state index contributed by atoms with van der Waals surface area (Å²) in [5.41, 5.74) is 2.06. The molecule has 6 heteroatoms. The van der Waals surface area contributed by atoms with Crippen molar-refractivity contribution in [1.82, 2.24) is 4.72 Å². The average Bonchev–Trinajstić information content (AvgIpc) is 2.73. The monoisotopic (exact) mass is 398 g/mol. The van der Waals surface area contributed by atoms with Crippen LogP contribution in [0.1, 0.15) is 19.4 Å². The summed E-state index contributed by atoms with van der Waals surface area (Å²) in [5, 5.41) is 1.79. The van der Waals surface area contributed by atoms with Gasteiger partial charge in [-0.2, -0.15) is 0 Å². The minimum absolute atomic E-state index is 0.252. The van der Waals surface area contributed by atoms with E-state index in [2.05, 4.69) is 23.5 Å². The molecule has 0 bridgehead atoms. The molecule has 5 nitrogen and oxygen atoms in total. The number of ether oxygens (including phenoxy) is 1.